The molecule has 6 heteroatoms. The third-order valence-electron chi connectivity index (χ3n) is 3.09. The Bertz CT molecular complexity index is 745. The van der Waals surface area contributed by atoms with Crippen LogP contribution in [0.3, 0.4) is 0 Å². The highest BCUT2D eigenvalue weighted by molar-refractivity contribution is 6.32. The minimum atomic E-state index is -0.349. The molecule has 0 heterocycles. The standard InChI is InChI=1S/C18H17ClN2O3/c1-24-16-9-8-14(11-15(16)19)21-18(23)12-20-17(22)10-7-13-5-3-2-4-6-13/h2-11H,12H2,1H3,(H,20,22)(H,21,23)/b10-7+. The molecule has 0 aliphatic heterocycles. The number of benzene rings is 2. The highest BCUT2D eigenvalue weighted by atomic mass is 35.5. The average molecular weight is 345 g/mol. The summed E-state index contributed by atoms with van der Waals surface area (Å²) in [5, 5.41) is 5.55. The Balaban J connectivity index is 1.81. The highest BCUT2D eigenvalue weighted by Gasteiger charge is 2.06. The summed E-state index contributed by atoms with van der Waals surface area (Å²) in [4.78, 5) is 23.5. The van der Waals surface area contributed by atoms with Crippen molar-refractivity contribution in [2.45, 2.75) is 0 Å². The van der Waals surface area contributed by atoms with Gasteiger partial charge in [-0.15, -0.1) is 0 Å². The number of ether oxygens (including phenoxy) is 1. The molecule has 0 aromatic heterocycles. The minimum absolute atomic E-state index is 0.137. The second-order valence-corrected chi connectivity index (χ2v) is 5.27. The van der Waals surface area contributed by atoms with Crippen LogP contribution in [-0.4, -0.2) is 25.5 Å². The molecule has 2 N–H and O–H groups in total. The number of anilines is 1. The SMILES string of the molecule is COc1ccc(NC(=O)CNC(=O)/C=C/c2ccccc2)cc1Cl. The van der Waals surface area contributed by atoms with Crippen molar-refractivity contribution < 1.29 is 14.3 Å². The van der Waals surface area contributed by atoms with Gasteiger partial charge in [-0.25, -0.2) is 0 Å². The lowest BCUT2D eigenvalue weighted by Crippen LogP contribution is -2.31. The van der Waals surface area contributed by atoms with Crippen LogP contribution in [-0.2, 0) is 9.59 Å². The zero-order valence-corrected chi connectivity index (χ0v) is 13.8. The van der Waals surface area contributed by atoms with Gasteiger partial charge in [-0.05, 0) is 29.8 Å². The van der Waals surface area contributed by atoms with Gasteiger partial charge < -0.3 is 15.4 Å². The first-order valence-corrected chi connectivity index (χ1v) is 7.60. The smallest absolute Gasteiger partial charge is 0.244 e. The summed E-state index contributed by atoms with van der Waals surface area (Å²) in [7, 11) is 1.51. The molecule has 24 heavy (non-hydrogen) atoms. The number of carbonyl (C=O) groups excluding carboxylic acids is 2. The largest absolute Gasteiger partial charge is 0.495 e. The minimum Gasteiger partial charge on any atom is -0.495 e. The Morgan fingerprint density at radius 2 is 1.92 bits per heavy atom. The molecule has 0 fully saturated rings. The van der Waals surface area contributed by atoms with Gasteiger partial charge in [0, 0.05) is 11.8 Å². The van der Waals surface area contributed by atoms with Crippen molar-refractivity contribution in [1.82, 2.24) is 5.32 Å². The quantitative estimate of drug-likeness (QED) is 0.791. The number of amides is 2. The number of nitrogens with one attached hydrogen (secondary N) is 2. The van der Waals surface area contributed by atoms with Crippen LogP contribution < -0.4 is 15.4 Å². The summed E-state index contributed by atoms with van der Waals surface area (Å²) < 4.78 is 5.04. The molecule has 0 aliphatic rings. The zero-order chi connectivity index (χ0) is 17.4. The molecule has 0 saturated heterocycles. The topological polar surface area (TPSA) is 67.4 Å². The van der Waals surface area contributed by atoms with Crippen molar-refractivity contribution in [3.63, 3.8) is 0 Å². The molecule has 5 nitrogen and oxygen atoms in total. The van der Waals surface area contributed by atoms with Crippen molar-refractivity contribution in [3.8, 4) is 5.75 Å². The normalized spacial score (nSPS) is 10.4. The summed E-state index contributed by atoms with van der Waals surface area (Å²) in [6.45, 7) is -0.137. The van der Waals surface area contributed by atoms with E-state index in [4.69, 9.17) is 16.3 Å². The van der Waals surface area contributed by atoms with Gasteiger partial charge in [0.15, 0.2) is 0 Å². The Hall–Kier alpha value is -2.79. The van der Waals surface area contributed by atoms with Gasteiger partial charge in [0.25, 0.3) is 0 Å². The fourth-order valence-electron chi connectivity index (χ4n) is 1.91. The highest BCUT2D eigenvalue weighted by Crippen LogP contribution is 2.27. The Kier molecular flexibility index (Phi) is 6.40. The molecule has 0 bridgehead atoms. The van der Waals surface area contributed by atoms with E-state index in [9.17, 15) is 9.59 Å². The van der Waals surface area contributed by atoms with Gasteiger partial charge in [-0.1, -0.05) is 41.9 Å². The van der Waals surface area contributed by atoms with Crippen LogP contribution in [0.4, 0.5) is 5.69 Å². The third-order valence-corrected chi connectivity index (χ3v) is 3.38. The monoisotopic (exact) mass is 344 g/mol. The first-order chi connectivity index (χ1) is 11.6. The Labute approximate surface area is 145 Å². The van der Waals surface area contributed by atoms with Crippen LogP contribution in [0.1, 0.15) is 5.56 Å². The Morgan fingerprint density at radius 3 is 2.58 bits per heavy atom. The molecule has 124 valence electrons. The van der Waals surface area contributed by atoms with Crippen molar-refractivity contribution in [2.24, 2.45) is 0 Å². The summed E-state index contributed by atoms with van der Waals surface area (Å²) in [6.07, 6.45) is 3.06. The molecule has 2 amide bonds. The molecule has 0 radical (unpaired) electrons. The van der Waals surface area contributed by atoms with E-state index in [2.05, 4.69) is 10.6 Å². The summed E-state index contributed by atoms with van der Waals surface area (Å²) in [6, 6.07) is 14.3. The second-order valence-electron chi connectivity index (χ2n) is 4.86. The molecule has 2 aromatic carbocycles. The lowest BCUT2D eigenvalue weighted by molar-refractivity contribution is -0.121. The number of hydrogen-bond acceptors (Lipinski definition) is 3. The summed E-state index contributed by atoms with van der Waals surface area (Å²) >= 11 is 5.98. The van der Waals surface area contributed by atoms with E-state index in [-0.39, 0.29) is 18.4 Å². The number of rotatable bonds is 6. The molecule has 0 aliphatic carbocycles. The van der Waals surface area contributed by atoms with Crippen LogP contribution in [0, 0.1) is 0 Å². The van der Waals surface area contributed by atoms with Gasteiger partial charge >= 0.3 is 0 Å². The van der Waals surface area contributed by atoms with Crippen LogP contribution in [0.25, 0.3) is 6.08 Å². The fraction of sp³-hybridized carbons (Fsp3) is 0.111. The van der Waals surface area contributed by atoms with Gasteiger partial charge in [-0.2, -0.15) is 0 Å². The molecule has 2 rings (SSSR count). The van der Waals surface area contributed by atoms with Crippen molar-refractivity contribution in [1.29, 1.82) is 0 Å². The maximum absolute atomic E-state index is 11.8. The van der Waals surface area contributed by atoms with E-state index >= 15 is 0 Å². The lowest BCUT2D eigenvalue weighted by Gasteiger charge is -2.08. The van der Waals surface area contributed by atoms with Crippen LogP contribution in [0.15, 0.2) is 54.6 Å². The fourth-order valence-corrected chi connectivity index (χ4v) is 2.17. The van der Waals surface area contributed by atoms with E-state index in [1.165, 1.54) is 13.2 Å². The van der Waals surface area contributed by atoms with E-state index in [0.29, 0.717) is 16.5 Å². The van der Waals surface area contributed by atoms with E-state index < -0.39 is 0 Å². The number of carbonyl (C=O) groups is 2. The van der Waals surface area contributed by atoms with Crippen molar-refractivity contribution >= 4 is 35.2 Å². The van der Waals surface area contributed by atoms with Crippen LogP contribution in [0.5, 0.6) is 5.75 Å². The second kappa shape index (κ2) is 8.74. The van der Waals surface area contributed by atoms with Gasteiger partial charge in [0.1, 0.15) is 5.75 Å². The maximum atomic E-state index is 11.8. The molecule has 0 spiro atoms. The molecular weight excluding hydrogens is 328 g/mol. The van der Waals surface area contributed by atoms with E-state index in [1.54, 1.807) is 24.3 Å². The first kappa shape index (κ1) is 17.6. The summed E-state index contributed by atoms with van der Waals surface area (Å²) in [5.74, 6) is -0.173. The van der Waals surface area contributed by atoms with E-state index in [0.717, 1.165) is 5.56 Å². The predicted molar refractivity (Wildman–Crippen MR) is 95.1 cm³/mol. The maximum Gasteiger partial charge on any atom is 0.244 e. The molecular formula is C18H17ClN2O3. The lowest BCUT2D eigenvalue weighted by atomic mass is 10.2. The molecule has 0 saturated carbocycles. The zero-order valence-electron chi connectivity index (χ0n) is 13.1. The first-order valence-electron chi connectivity index (χ1n) is 7.23. The summed E-state index contributed by atoms with van der Waals surface area (Å²) in [5.41, 5.74) is 1.44. The van der Waals surface area contributed by atoms with Crippen molar-refractivity contribution in [3.05, 3.63) is 65.2 Å². The van der Waals surface area contributed by atoms with Gasteiger partial charge in [0.05, 0.1) is 18.7 Å². The van der Waals surface area contributed by atoms with Gasteiger partial charge in [0.2, 0.25) is 11.8 Å². The number of halogens is 1. The number of methoxy groups -OCH3 is 1. The predicted octanol–water partition coefficient (Wildman–Crippen LogP) is 3.12. The number of hydrogen-bond donors (Lipinski definition) is 2. The van der Waals surface area contributed by atoms with Crippen LogP contribution in [0.2, 0.25) is 5.02 Å². The van der Waals surface area contributed by atoms with E-state index in [1.807, 2.05) is 30.3 Å². The Morgan fingerprint density at radius 1 is 1.17 bits per heavy atom. The van der Waals surface area contributed by atoms with Crippen molar-refractivity contribution in [2.75, 3.05) is 19.0 Å². The van der Waals surface area contributed by atoms with Crippen LogP contribution >= 0.6 is 11.6 Å². The molecule has 2 aromatic rings. The molecule has 0 unspecified atom stereocenters. The average Bonchev–Trinajstić information content (AvgIpc) is 2.59. The molecule has 0 atom stereocenters. The third kappa shape index (κ3) is 5.44. The van der Waals surface area contributed by atoms with Gasteiger partial charge in [-0.3, -0.25) is 9.59 Å².